The zero-order valence-electron chi connectivity index (χ0n) is 4.67. The third kappa shape index (κ3) is 1.74. The number of benzene rings is 1. The molecule has 0 aliphatic rings. The highest BCUT2D eigenvalue weighted by Crippen LogP contribution is 2.26. The van der Waals surface area contributed by atoms with Gasteiger partial charge in [-0.05, 0) is 34.7 Å². The van der Waals surface area contributed by atoms with E-state index in [1.807, 2.05) is 22.6 Å². The van der Waals surface area contributed by atoms with Gasteiger partial charge in [0, 0.05) is 3.57 Å². The molecular formula is C6H2Cl2FI. The molecule has 0 atom stereocenters. The van der Waals surface area contributed by atoms with E-state index in [-0.39, 0.29) is 10.0 Å². The summed E-state index contributed by atoms with van der Waals surface area (Å²) in [7, 11) is 0. The monoisotopic (exact) mass is 290 g/mol. The van der Waals surface area contributed by atoms with E-state index in [1.165, 1.54) is 6.07 Å². The highest BCUT2D eigenvalue weighted by atomic mass is 127. The maximum atomic E-state index is 12.6. The van der Waals surface area contributed by atoms with Crippen LogP contribution in [-0.2, 0) is 0 Å². The van der Waals surface area contributed by atoms with E-state index in [1.54, 1.807) is 6.07 Å². The highest BCUT2D eigenvalue weighted by molar-refractivity contribution is 14.1. The van der Waals surface area contributed by atoms with Crippen LogP contribution in [0.5, 0.6) is 0 Å². The molecule has 0 aromatic heterocycles. The molecule has 0 fully saturated rings. The number of rotatable bonds is 0. The van der Waals surface area contributed by atoms with Crippen LogP contribution < -0.4 is 0 Å². The Morgan fingerprint density at radius 1 is 1.30 bits per heavy atom. The Morgan fingerprint density at radius 3 is 2.40 bits per heavy atom. The fraction of sp³-hybridized carbons (Fsp3) is 0. The average Bonchev–Trinajstić information content (AvgIpc) is 1.82. The smallest absolute Gasteiger partial charge is 0.144 e. The van der Waals surface area contributed by atoms with Crippen molar-refractivity contribution in [1.82, 2.24) is 0 Å². The molecule has 0 heterocycles. The minimum atomic E-state index is -0.474. The summed E-state index contributed by atoms with van der Waals surface area (Å²) in [5.41, 5.74) is 0. The standard InChI is InChI=1S/C6H2Cl2FI/c7-4-1-3(10)2-5(9)6(4)8/h1-2H. The summed E-state index contributed by atoms with van der Waals surface area (Å²) in [5.74, 6) is -0.474. The Bertz CT molecular complexity index is 239. The summed E-state index contributed by atoms with van der Waals surface area (Å²) in [5, 5.41) is 0.244. The van der Waals surface area contributed by atoms with Gasteiger partial charge in [-0.3, -0.25) is 0 Å². The van der Waals surface area contributed by atoms with Crippen molar-refractivity contribution in [2.75, 3.05) is 0 Å². The molecule has 0 spiro atoms. The predicted octanol–water partition coefficient (Wildman–Crippen LogP) is 3.74. The lowest BCUT2D eigenvalue weighted by atomic mass is 10.3. The van der Waals surface area contributed by atoms with Crippen LogP contribution in [0.1, 0.15) is 0 Å². The van der Waals surface area contributed by atoms with Crippen LogP contribution in [0.3, 0.4) is 0 Å². The van der Waals surface area contributed by atoms with Crippen molar-refractivity contribution in [3.8, 4) is 0 Å². The van der Waals surface area contributed by atoms with Crippen molar-refractivity contribution in [2.24, 2.45) is 0 Å². The molecule has 0 unspecified atom stereocenters. The lowest BCUT2D eigenvalue weighted by molar-refractivity contribution is 0.627. The Hall–Kier alpha value is 0.460. The van der Waals surface area contributed by atoms with E-state index in [0.29, 0.717) is 0 Å². The molecular weight excluding hydrogens is 289 g/mol. The van der Waals surface area contributed by atoms with Crippen molar-refractivity contribution >= 4 is 45.8 Å². The number of hydrogen-bond acceptors (Lipinski definition) is 0. The van der Waals surface area contributed by atoms with Gasteiger partial charge < -0.3 is 0 Å². The molecule has 0 N–H and O–H groups in total. The van der Waals surface area contributed by atoms with Gasteiger partial charge in [0.25, 0.3) is 0 Å². The molecule has 54 valence electrons. The van der Waals surface area contributed by atoms with Crippen molar-refractivity contribution in [2.45, 2.75) is 0 Å². The molecule has 0 nitrogen and oxygen atoms in total. The van der Waals surface area contributed by atoms with E-state index in [4.69, 9.17) is 23.2 Å². The molecule has 0 saturated carbocycles. The van der Waals surface area contributed by atoms with Gasteiger partial charge >= 0.3 is 0 Å². The first-order chi connectivity index (χ1) is 4.61. The van der Waals surface area contributed by atoms with E-state index in [2.05, 4.69) is 0 Å². The summed E-state index contributed by atoms with van der Waals surface area (Å²) in [6, 6.07) is 2.93. The van der Waals surface area contributed by atoms with Gasteiger partial charge in [-0.2, -0.15) is 0 Å². The van der Waals surface area contributed by atoms with Gasteiger partial charge in [-0.1, -0.05) is 23.2 Å². The normalized spacial score (nSPS) is 10.0. The van der Waals surface area contributed by atoms with Crippen LogP contribution in [0.15, 0.2) is 12.1 Å². The lowest BCUT2D eigenvalue weighted by Gasteiger charge is -1.96. The molecule has 0 aliphatic carbocycles. The van der Waals surface area contributed by atoms with Crippen molar-refractivity contribution in [1.29, 1.82) is 0 Å². The largest absolute Gasteiger partial charge is 0.205 e. The van der Waals surface area contributed by atoms with Gasteiger partial charge in [-0.15, -0.1) is 0 Å². The van der Waals surface area contributed by atoms with E-state index < -0.39 is 5.82 Å². The molecule has 10 heavy (non-hydrogen) atoms. The summed E-state index contributed by atoms with van der Waals surface area (Å²) in [6.07, 6.45) is 0. The van der Waals surface area contributed by atoms with Crippen molar-refractivity contribution in [3.63, 3.8) is 0 Å². The molecule has 0 aliphatic heterocycles. The topological polar surface area (TPSA) is 0 Å². The Balaban J connectivity index is 3.31. The van der Waals surface area contributed by atoms with Crippen LogP contribution in [0.25, 0.3) is 0 Å². The first-order valence-corrected chi connectivity index (χ1v) is 4.25. The summed E-state index contributed by atoms with van der Waals surface area (Å²) < 4.78 is 13.4. The second kappa shape index (κ2) is 3.24. The Kier molecular flexibility index (Phi) is 2.77. The van der Waals surface area contributed by atoms with Crippen molar-refractivity contribution in [3.05, 3.63) is 31.6 Å². The Morgan fingerprint density at radius 2 is 1.90 bits per heavy atom. The molecule has 0 bridgehead atoms. The van der Waals surface area contributed by atoms with Gasteiger partial charge in [0.2, 0.25) is 0 Å². The summed E-state index contributed by atoms with van der Waals surface area (Å²) in [6.45, 7) is 0. The Labute approximate surface area is 81.5 Å². The second-order valence-corrected chi connectivity index (χ2v) is 3.71. The fourth-order valence-corrected chi connectivity index (χ4v) is 1.61. The van der Waals surface area contributed by atoms with Gasteiger partial charge in [-0.25, -0.2) is 4.39 Å². The van der Waals surface area contributed by atoms with Gasteiger partial charge in [0.15, 0.2) is 0 Å². The third-order valence-electron chi connectivity index (χ3n) is 0.949. The van der Waals surface area contributed by atoms with Gasteiger partial charge in [0.1, 0.15) is 5.82 Å². The zero-order valence-corrected chi connectivity index (χ0v) is 8.34. The molecule has 0 radical (unpaired) electrons. The van der Waals surface area contributed by atoms with E-state index in [0.717, 1.165) is 3.57 Å². The van der Waals surface area contributed by atoms with Crippen LogP contribution in [0.2, 0.25) is 10.0 Å². The summed E-state index contributed by atoms with van der Waals surface area (Å²) >= 11 is 12.9. The van der Waals surface area contributed by atoms with Crippen molar-refractivity contribution < 1.29 is 4.39 Å². The summed E-state index contributed by atoms with van der Waals surface area (Å²) in [4.78, 5) is 0. The predicted molar refractivity (Wildman–Crippen MR) is 49.1 cm³/mol. The van der Waals surface area contributed by atoms with Crippen LogP contribution in [-0.4, -0.2) is 0 Å². The third-order valence-corrected chi connectivity index (χ3v) is 2.35. The van der Waals surface area contributed by atoms with Crippen LogP contribution in [0.4, 0.5) is 4.39 Å². The number of hydrogen-bond donors (Lipinski definition) is 0. The SMILES string of the molecule is Fc1cc(I)cc(Cl)c1Cl. The maximum Gasteiger partial charge on any atom is 0.144 e. The minimum Gasteiger partial charge on any atom is -0.205 e. The highest BCUT2D eigenvalue weighted by Gasteiger charge is 2.04. The molecule has 0 amide bonds. The average molecular weight is 291 g/mol. The van der Waals surface area contributed by atoms with Crippen LogP contribution in [0, 0.1) is 9.39 Å². The first kappa shape index (κ1) is 8.56. The quantitative estimate of drug-likeness (QED) is 0.388. The second-order valence-electron chi connectivity index (χ2n) is 1.68. The zero-order chi connectivity index (χ0) is 7.72. The van der Waals surface area contributed by atoms with E-state index >= 15 is 0 Å². The first-order valence-electron chi connectivity index (χ1n) is 2.41. The molecule has 1 aromatic carbocycles. The molecule has 1 rings (SSSR count). The number of halogens is 4. The molecule has 0 saturated heterocycles. The lowest BCUT2D eigenvalue weighted by Crippen LogP contribution is -1.79. The minimum absolute atomic E-state index is 0.0120. The molecule has 4 heteroatoms. The maximum absolute atomic E-state index is 12.6. The fourth-order valence-electron chi connectivity index (χ4n) is 0.525. The van der Waals surface area contributed by atoms with E-state index in [9.17, 15) is 4.39 Å². The van der Waals surface area contributed by atoms with Gasteiger partial charge in [0.05, 0.1) is 10.0 Å². The van der Waals surface area contributed by atoms with Crippen LogP contribution >= 0.6 is 45.8 Å². The molecule has 1 aromatic rings.